The molecular weight excluding hydrogens is 368 g/mol. The number of para-hydroxylation sites is 2. The van der Waals surface area contributed by atoms with Gasteiger partial charge in [0.15, 0.2) is 5.82 Å². The molecule has 1 amide bonds. The molecule has 4 rings (SSSR count). The van der Waals surface area contributed by atoms with E-state index in [0.29, 0.717) is 30.4 Å². The van der Waals surface area contributed by atoms with Crippen molar-refractivity contribution in [3.05, 3.63) is 55.1 Å². The second kappa shape index (κ2) is 8.72. The van der Waals surface area contributed by atoms with Crippen molar-refractivity contribution in [3.63, 3.8) is 0 Å². The number of aromatic nitrogens is 4. The zero-order chi connectivity index (χ0) is 20.1. The first-order chi connectivity index (χ1) is 14.2. The Morgan fingerprint density at radius 1 is 1.24 bits per heavy atom. The van der Waals surface area contributed by atoms with Crippen molar-refractivity contribution in [2.75, 3.05) is 29.9 Å². The van der Waals surface area contributed by atoms with Crippen LogP contribution in [0.5, 0.6) is 5.75 Å². The van der Waals surface area contributed by atoms with Gasteiger partial charge in [0, 0.05) is 31.5 Å². The van der Waals surface area contributed by atoms with E-state index in [2.05, 4.69) is 25.3 Å². The third-order valence-corrected chi connectivity index (χ3v) is 4.94. The number of hydrogen-bond donors (Lipinski definition) is 1. The molecule has 1 aliphatic heterocycles. The van der Waals surface area contributed by atoms with Gasteiger partial charge in [0.1, 0.15) is 17.9 Å². The molecule has 0 aliphatic carbocycles. The van der Waals surface area contributed by atoms with Crippen molar-refractivity contribution in [1.82, 2.24) is 19.7 Å². The summed E-state index contributed by atoms with van der Waals surface area (Å²) in [5.74, 6) is 2.08. The Kier molecular flexibility index (Phi) is 5.69. The lowest BCUT2D eigenvalue weighted by molar-refractivity contribution is -0.120. The van der Waals surface area contributed by atoms with Crippen molar-refractivity contribution >= 4 is 17.4 Å². The first kappa shape index (κ1) is 18.9. The average Bonchev–Trinajstić information content (AvgIpc) is 3.31. The number of nitrogens with zero attached hydrogens (tertiary/aromatic N) is 5. The number of rotatable bonds is 6. The minimum Gasteiger partial charge on any atom is -0.492 e. The highest BCUT2D eigenvalue weighted by atomic mass is 16.5. The molecule has 0 saturated carbocycles. The van der Waals surface area contributed by atoms with E-state index in [-0.39, 0.29) is 11.8 Å². The molecule has 1 fully saturated rings. The van der Waals surface area contributed by atoms with Crippen LogP contribution >= 0.6 is 0 Å². The highest BCUT2D eigenvalue weighted by Gasteiger charge is 2.27. The zero-order valence-electron chi connectivity index (χ0n) is 16.4. The predicted octanol–water partition coefficient (Wildman–Crippen LogP) is 2.92. The van der Waals surface area contributed by atoms with Gasteiger partial charge >= 0.3 is 0 Å². The van der Waals surface area contributed by atoms with E-state index in [0.717, 1.165) is 25.2 Å². The molecule has 150 valence electrons. The molecule has 0 spiro atoms. The second-order valence-corrected chi connectivity index (χ2v) is 6.89. The van der Waals surface area contributed by atoms with Gasteiger partial charge in [-0.2, -0.15) is 5.10 Å². The Morgan fingerprint density at radius 2 is 2.10 bits per heavy atom. The quantitative estimate of drug-likeness (QED) is 0.694. The molecule has 1 saturated heterocycles. The van der Waals surface area contributed by atoms with Crippen molar-refractivity contribution in [3.8, 4) is 11.6 Å². The molecule has 2 aromatic heterocycles. The maximum absolute atomic E-state index is 12.9. The lowest BCUT2D eigenvalue weighted by Gasteiger charge is -2.33. The smallest absolute Gasteiger partial charge is 0.229 e. The summed E-state index contributed by atoms with van der Waals surface area (Å²) in [5.41, 5.74) is 0.708. The first-order valence-corrected chi connectivity index (χ1v) is 9.84. The van der Waals surface area contributed by atoms with Crippen molar-refractivity contribution in [2.24, 2.45) is 5.92 Å². The van der Waals surface area contributed by atoms with Gasteiger partial charge < -0.3 is 15.0 Å². The molecule has 1 N–H and O–H groups in total. The summed E-state index contributed by atoms with van der Waals surface area (Å²) < 4.78 is 7.31. The van der Waals surface area contributed by atoms with Crippen LogP contribution in [0.3, 0.4) is 0 Å². The van der Waals surface area contributed by atoms with Crippen molar-refractivity contribution < 1.29 is 9.53 Å². The average molecular weight is 392 g/mol. The van der Waals surface area contributed by atoms with Crippen LogP contribution in [0.1, 0.15) is 19.8 Å². The van der Waals surface area contributed by atoms with Crippen LogP contribution in [-0.4, -0.2) is 45.4 Å². The molecule has 0 radical (unpaired) electrons. The van der Waals surface area contributed by atoms with Gasteiger partial charge in [0.05, 0.1) is 18.2 Å². The van der Waals surface area contributed by atoms with E-state index in [1.54, 1.807) is 10.9 Å². The topological polar surface area (TPSA) is 85.2 Å². The summed E-state index contributed by atoms with van der Waals surface area (Å²) in [7, 11) is 0. The summed E-state index contributed by atoms with van der Waals surface area (Å²) in [6.45, 7) is 3.94. The van der Waals surface area contributed by atoms with Crippen LogP contribution in [0.15, 0.2) is 55.1 Å². The zero-order valence-corrected chi connectivity index (χ0v) is 16.4. The normalized spacial score (nSPS) is 16.4. The summed E-state index contributed by atoms with van der Waals surface area (Å²) in [6.07, 6.45) is 6.86. The van der Waals surface area contributed by atoms with E-state index in [9.17, 15) is 4.79 Å². The maximum atomic E-state index is 12.9. The van der Waals surface area contributed by atoms with Gasteiger partial charge in [-0.25, -0.2) is 14.6 Å². The Hall–Kier alpha value is -3.42. The van der Waals surface area contributed by atoms with E-state index < -0.39 is 0 Å². The maximum Gasteiger partial charge on any atom is 0.229 e. The van der Waals surface area contributed by atoms with E-state index >= 15 is 0 Å². The molecule has 8 heteroatoms. The van der Waals surface area contributed by atoms with Crippen molar-refractivity contribution in [2.45, 2.75) is 19.8 Å². The molecule has 1 aliphatic rings. The number of ether oxygens (including phenoxy) is 1. The fraction of sp³-hybridized carbons (Fsp3) is 0.333. The molecule has 1 aromatic carbocycles. The van der Waals surface area contributed by atoms with Crippen LogP contribution in [0.25, 0.3) is 5.82 Å². The number of carbonyl (C=O) groups excluding carboxylic acids is 1. The highest BCUT2D eigenvalue weighted by Crippen LogP contribution is 2.27. The Morgan fingerprint density at radius 3 is 2.93 bits per heavy atom. The number of carbonyl (C=O) groups is 1. The van der Waals surface area contributed by atoms with Crippen LogP contribution in [0.2, 0.25) is 0 Å². The molecular formula is C21H24N6O2. The lowest BCUT2D eigenvalue weighted by Crippen LogP contribution is -2.41. The molecule has 29 heavy (non-hydrogen) atoms. The number of hydrogen-bond acceptors (Lipinski definition) is 6. The van der Waals surface area contributed by atoms with E-state index in [1.165, 1.54) is 6.33 Å². The second-order valence-electron chi connectivity index (χ2n) is 6.89. The van der Waals surface area contributed by atoms with E-state index in [4.69, 9.17) is 4.74 Å². The Bertz CT molecular complexity index is 959. The monoisotopic (exact) mass is 392 g/mol. The van der Waals surface area contributed by atoms with Crippen LogP contribution < -0.4 is 15.0 Å². The number of benzene rings is 1. The molecule has 8 nitrogen and oxygen atoms in total. The number of anilines is 2. The summed E-state index contributed by atoms with van der Waals surface area (Å²) in [4.78, 5) is 23.7. The number of piperidine rings is 1. The molecule has 3 heterocycles. The highest BCUT2D eigenvalue weighted by molar-refractivity contribution is 5.94. The number of nitrogens with one attached hydrogen (secondary N) is 1. The summed E-state index contributed by atoms with van der Waals surface area (Å²) in [6, 6.07) is 11.3. The summed E-state index contributed by atoms with van der Waals surface area (Å²) in [5, 5.41) is 7.25. The fourth-order valence-electron chi connectivity index (χ4n) is 3.53. The summed E-state index contributed by atoms with van der Waals surface area (Å²) >= 11 is 0. The van der Waals surface area contributed by atoms with Crippen LogP contribution in [0, 0.1) is 5.92 Å². The van der Waals surface area contributed by atoms with Crippen LogP contribution in [-0.2, 0) is 4.79 Å². The third-order valence-electron chi connectivity index (χ3n) is 4.94. The largest absolute Gasteiger partial charge is 0.492 e. The molecule has 1 unspecified atom stereocenters. The fourth-order valence-corrected chi connectivity index (χ4v) is 3.53. The molecule has 1 atom stereocenters. The standard InChI is InChI=1S/C21H24N6O2/c1-2-29-18-9-4-3-8-17(18)25-21(28)16-7-5-11-26(14-16)19-13-20(23-15-22-19)27-12-6-10-24-27/h3-4,6,8-10,12-13,15-16H,2,5,7,11,14H2,1H3,(H,25,28). The molecule has 3 aromatic rings. The minimum atomic E-state index is -0.124. The Balaban J connectivity index is 1.46. The Labute approximate surface area is 169 Å². The SMILES string of the molecule is CCOc1ccccc1NC(=O)C1CCCN(c2cc(-n3cccn3)ncn2)C1. The minimum absolute atomic E-state index is 0.00297. The van der Waals surface area contributed by atoms with E-state index in [1.807, 2.05) is 49.5 Å². The van der Waals surface area contributed by atoms with Gasteiger partial charge in [-0.1, -0.05) is 12.1 Å². The van der Waals surface area contributed by atoms with Gasteiger partial charge in [-0.3, -0.25) is 4.79 Å². The first-order valence-electron chi connectivity index (χ1n) is 9.84. The number of amides is 1. The van der Waals surface area contributed by atoms with Crippen molar-refractivity contribution in [1.29, 1.82) is 0 Å². The predicted molar refractivity (Wildman–Crippen MR) is 110 cm³/mol. The van der Waals surface area contributed by atoms with Gasteiger partial charge in [-0.05, 0) is 38.0 Å². The van der Waals surface area contributed by atoms with Gasteiger partial charge in [-0.15, -0.1) is 0 Å². The van der Waals surface area contributed by atoms with Crippen LogP contribution in [0.4, 0.5) is 11.5 Å². The molecule has 0 bridgehead atoms. The van der Waals surface area contributed by atoms with Gasteiger partial charge in [0.25, 0.3) is 0 Å². The lowest BCUT2D eigenvalue weighted by atomic mass is 9.97. The third kappa shape index (κ3) is 4.37. The van der Waals surface area contributed by atoms with Gasteiger partial charge in [0.2, 0.25) is 5.91 Å².